The maximum absolute atomic E-state index is 12.4. The molecule has 0 aliphatic rings. The molecule has 9 nitrogen and oxygen atoms in total. The Kier molecular flexibility index (Phi) is 6.63. The fourth-order valence-electron chi connectivity index (χ4n) is 2.50. The van der Waals surface area contributed by atoms with Crippen LogP contribution in [0.15, 0.2) is 52.1 Å². The van der Waals surface area contributed by atoms with Crippen LogP contribution in [0.2, 0.25) is 0 Å². The van der Waals surface area contributed by atoms with Crippen LogP contribution in [0.4, 0.5) is 5.69 Å². The maximum Gasteiger partial charge on any atom is 0.277 e. The molecule has 0 spiro atoms. The van der Waals surface area contributed by atoms with Crippen molar-refractivity contribution in [3.8, 4) is 23.0 Å². The molecule has 0 radical (unpaired) electrons. The van der Waals surface area contributed by atoms with Gasteiger partial charge in [-0.15, -0.1) is 10.2 Å². The lowest BCUT2D eigenvalue weighted by atomic mass is 10.1. The van der Waals surface area contributed by atoms with Gasteiger partial charge in [-0.3, -0.25) is 9.52 Å². The number of anilines is 1. The van der Waals surface area contributed by atoms with Crippen molar-refractivity contribution in [2.75, 3.05) is 31.0 Å². The Balaban J connectivity index is 1.65. The lowest BCUT2D eigenvalue weighted by molar-refractivity contribution is 0.102. The third kappa shape index (κ3) is 5.51. The Morgan fingerprint density at radius 2 is 1.83 bits per heavy atom. The summed E-state index contributed by atoms with van der Waals surface area (Å²) >= 11 is 1.11. The van der Waals surface area contributed by atoms with E-state index in [1.165, 1.54) is 19.2 Å². The van der Waals surface area contributed by atoms with Crippen molar-refractivity contribution in [2.24, 2.45) is 0 Å². The molecule has 0 aliphatic carbocycles. The summed E-state index contributed by atoms with van der Waals surface area (Å²) in [6.45, 7) is 0. The van der Waals surface area contributed by atoms with Crippen LogP contribution in [0, 0.1) is 0 Å². The Morgan fingerprint density at radius 3 is 2.47 bits per heavy atom. The number of aromatic nitrogens is 2. The van der Waals surface area contributed by atoms with E-state index in [1.807, 2.05) is 0 Å². The summed E-state index contributed by atoms with van der Waals surface area (Å²) in [5, 5.41) is 8.22. The van der Waals surface area contributed by atoms with E-state index in [-0.39, 0.29) is 22.6 Å². The van der Waals surface area contributed by atoms with Gasteiger partial charge in [-0.1, -0.05) is 11.8 Å². The molecule has 1 aromatic heterocycles. The number of benzene rings is 2. The van der Waals surface area contributed by atoms with Crippen molar-refractivity contribution in [1.82, 2.24) is 10.2 Å². The van der Waals surface area contributed by atoms with E-state index in [9.17, 15) is 13.2 Å². The molecule has 30 heavy (non-hydrogen) atoms. The number of rotatable bonds is 9. The van der Waals surface area contributed by atoms with Crippen LogP contribution in [0.1, 0.15) is 10.4 Å². The van der Waals surface area contributed by atoms with E-state index in [2.05, 4.69) is 14.9 Å². The zero-order chi connectivity index (χ0) is 21.7. The quantitative estimate of drug-likeness (QED) is 0.388. The summed E-state index contributed by atoms with van der Waals surface area (Å²) in [7, 11) is -0.283. The topological polar surface area (TPSA) is 121 Å². The summed E-state index contributed by atoms with van der Waals surface area (Å²) in [6, 6.07) is 11.4. The molecule has 0 fully saturated rings. The number of carbonyl (C=O) groups excluding carboxylic acids is 1. The highest BCUT2D eigenvalue weighted by Crippen LogP contribution is 2.33. The number of methoxy groups -OCH3 is 2. The number of ether oxygens (including phenoxy) is 2. The van der Waals surface area contributed by atoms with Crippen molar-refractivity contribution in [2.45, 2.75) is 5.22 Å². The highest BCUT2D eigenvalue weighted by molar-refractivity contribution is 7.99. The second-order valence-corrected chi connectivity index (χ2v) is 8.78. The van der Waals surface area contributed by atoms with E-state index in [0.717, 1.165) is 18.0 Å². The highest BCUT2D eigenvalue weighted by atomic mass is 32.2. The van der Waals surface area contributed by atoms with Crippen molar-refractivity contribution >= 4 is 33.3 Å². The first-order valence-electron chi connectivity index (χ1n) is 8.59. The molecule has 158 valence electrons. The summed E-state index contributed by atoms with van der Waals surface area (Å²) < 4.78 is 41.0. The van der Waals surface area contributed by atoms with Gasteiger partial charge < -0.3 is 13.9 Å². The molecule has 0 amide bonds. The molecular weight excluding hydrogens is 430 g/mol. The predicted octanol–water partition coefficient (Wildman–Crippen LogP) is 3.10. The number of Topliss-reactive ketones (excluding diaryl/α,β-unsaturated/α-hetero) is 1. The molecule has 1 N–H and O–H groups in total. The molecule has 11 heteroatoms. The molecule has 2 aromatic carbocycles. The SMILES string of the molecule is COc1ccc(-c2nnc(SCC(=O)c3ccc(NS(C)(=O)=O)cc3)o2)c(OC)c1. The minimum absolute atomic E-state index is 0.0836. The van der Waals surface area contributed by atoms with Crippen LogP contribution in [-0.2, 0) is 10.0 Å². The largest absolute Gasteiger partial charge is 0.497 e. The molecule has 0 atom stereocenters. The fourth-order valence-corrected chi connectivity index (χ4v) is 3.72. The van der Waals surface area contributed by atoms with Gasteiger partial charge in [-0.25, -0.2) is 8.42 Å². The van der Waals surface area contributed by atoms with Gasteiger partial charge in [0.25, 0.3) is 11.1 Å². The van der Waals surface area contributed by atoms with Crippen LogP contribution < -0.4 is 14.2 Å². The van der Waals surface area contributed by atoms with Gasteiger partial charge in [0.05, 0.1) is 31.8 Å². The number of nitrogens with zero attached hydrogens (tertiary/aromatic N) is 2. The van der Waals surface area contributed by atoms with Crippen molar-refractivity contribution < 1.29 is 27.1 Å². The summed E-state index contributed by atoms with van der Waals surface area (Å²) in [5.41, 5.74) is 1.44. The van der Waals surface area contributed by atoms with Crippen LogP contribution >= 0.6 is 11.8 Å². The second kappa shape index (κ2) is 9.18. The maximum atomic E-state index is 12.4. The van der Waals surface area contributed by atoms with Gasteiger partial charge >= 0.3 is 0 Å². The number of sulfonamides is 1. The van der Waals surface area contributed by atoms with Gasteiger partial charge in [-0.05, 0) is 36.4 Å². The average Bonchev–Trinajstić information content (AvgIpc) is 3.19. The van der Waals surface area contributed by atoms with Gasteiger partial charge in [0.15, 0.2) is 5.78 Å². The van der Waals surface area contributed by atoms with Gasteiger partial charge in [0.1, 0.15) is 11.5 Å². The Bertz CT molecular complexity index is 1140. The third-order valence-corrected chi connectivity index (χ3v) is 5.31. The van der Waals surface area contributed by atoms with E-state index >= 15 is 0 Å². The third-order valence-electron chi connectivity index (χ3n) is 3.88. The number of ketones is 1. The molecule has 0 bridgehead atoms. The monoisotopic (exact) mass is 449 g/mol. The molecule has 0 aliphatic heterocycles. The zero-order valence-electron chi connectivity index (χ0n) is 16.4. The van der Waals surface area contributed by atoms with Crippen LogP contribution in [0.5, 0.6) is 11.5 Å². The fraction of sp³-hybridized carbons (Fsp3) is 0.211. The highest BCUT2D eigenvalue weighted by Gasteiger charge is 2.16. The molecule has 0 unspecified atom stereocenters. The summed E-state index contributed by atoms with van der Waals surface area (Å²) in [4.78, 5) is 12.4. The van der Waals surface area contributed by atoms with Crippen LogP contribution in [0.25, 0.3) is 11.5 Å². The number of hydrogen-bond donors (Lipinski definition) is 1. The van der Waals surface area contributed by atoms with Crippen molar-refractivity contribution in [1.29, 1.82) is 0 Å². The van der Waals surface area contributed by atoms with E-state index in [1.54, 1.807) is 37.4 Å². The Morgan fingerprint density at radius 1 is 1.10 bits per heavy atom. The van der Waals surface area contributed by atoms with Gasteiger partial charge in [-0.2, -0.15) is 0 Å². The van der Waals surface area contributed by atoms with Crippen LogP contribution in [-0.4, -0.2) is 50.6 Å². The lowest BCUT2D eigenvalue weighted by Crippen LogP contribution is -2.10. The molecular formula is C19H19N3O6S2. The standard InChI is InChI=1S/C19H19N3O6S2/c1-26-14-8-9-15(17(10-14)27-2)18-20-21-19(28-18)29-11-16(23)12-4-6-13(7-5-12)22-30(3,24)25/h4-10,22H,11H2,1-3H3. The minimum Gasteiger partial charge on any atom is -0.497 e. The first kappa shape index (κ1) is 21.7. The Hall–Kier alpha value is -3.05. The van der Waals surface area contributed by atoms with Gasteiger partial charge in [0.2, 0.25) is 10.0 Å². The van der Waals surface area contributed by atoms with Crippen molar-refractivity contribution in [3.63, 3.8) is 0 Å². The smallest absolute Gasteiger partial charge is 0.277 e. The van der Waals surface area contributed by atoms with Gasteiger partial charge in [0, 0.05) is 17.3 Å². The number of nitrogens with one attached hydrogen (secondary N) is 1. The van der Waals surface area contributed by atoms with E-state index in [4.69, 9.17) is 13.9 Å². The first-order chi connectivity index (χ1) is 14.3. The number of hydrogen-bond acceptors (Lipinski definition) is 9. The first-order valence-corrected chi connectivity index (χ1v) is 11.5. The summed E-state index contributed by atoms with van der Waals surface area (Å²) in [5.74, 6) is 1.34. The molecule has 0 saturated carbocycles. The molecule has 0 saturated heterocycles. The number of carbonyl (C=O) groups is 1. The molecule has 3 rings (SSSR count). The lowest BCUT2D eigenvalue weighted by Gasteiger charge is -2.07. The normalized spacial score (nSPS) is 11.2. The zero-order valence-corrected chi connectivity index (χ0v) is 18.0. The molecule has 1 heterocycles. The molecule has 3 aromatic rings. The number of thioether (sulfide) groups is 1. The Labute approximate surface area is 177 Å². The second-order valence-electron chi connectivity index (χ2n) is 6.10. The van der Waals surface area contributed by atoms with Crippen molar-refractivity contribution in [3.05, 3.63) is 48.0 Å². The summed E-state index contributed by atoms with van der Waals surface area (Å²) in [6.07, 6.45) is 1.06. The average molecular weight is 450 g/mol. The van der Waals surface area contributed by atoms with E-state index < -0.39 is 10.0 Å². The predicted molar refractivity (Wildman–Crippen MR) is 113 cm³/mol. The minimum atomic E-state index is -3.37. The van der Waals surface area contributed by atoms with Crippen LogP contribution in [0.3, 0.4) is 0 Å². The van der Waals surface area contributed by atoms with E-state index in [0.29, 0.717) is 28.3 Å².